The molecular formula is C19H17NO5. The molecule has 0 saturated heterocycles. The van der Waals surface area contributed by atoms with Gasteiger partial charge in [0.1, 0.15) is 6.10 Å². The summed E-state index contributed by atoms with van der Waals surface area (Å²) in [4.78, 5) is 35.4. The average molecular weight is 339 g/mol. The molecule has 0 saturated carbocycles. The molecule has 0 bridgehead atoms. The minimum absolute atomic E-state index is 0.258. The van der Waals surface area contributed by atoms with Crippen LogP contribution in [0.25, 0.3) is 0 Å². The molecule has 1 aliphatic heterocycles. The molecule has 2 aromatic carbocycles. The van der Waals surface area contributed by atoms with E-state index in [9.17, 15) is 14.4 Å². The number of amides is 1. The molecule has 0 aromatic heterocycles. The van der Waals surface area contributed by atoms with Gasteiger partial charge in [-0.2, -0.15) is 0 Å². The Morgan fingerprint density at radius 2 is 1.92 bits per heavy atom. The van der Waals surface area contributed by atoms with Gasteiger partial charge in [-0.15, -0.1) is 0 Å². The Kier molecular flexibility index (Phi) is 4.52. The molecule has 0 radical (unpaired) electrons. The lowest BCUT2D eigenvalue weighted by molar-refractivity contribution is -0.125. The second kappa shape index (κ2) is 6.76. The van der Waals surface area contributed by atoms with Crippen LogP contribution in [0.5, 0.6) is 0 Å². The summed E-state index contributed by atoms with van der Waals surface area (Å²) in [6, 6.07) is 14.0. The van der Waals surface area contributed by atoms with Crippen LogP contribution in [0.3, 0.4) is 0 Å². The molecule has 1 amide bonds. The van der Waals surface area contributed by atoms with E-state index in [0.29, 0.717) is 17.5 Å². The van der Waals surface area contributed by atoms with Crippen molar-refractivity contribution in [3.63, 3.8) is 0 Å². The Labute approximate surface area is 144 Å². The van der Waals surface area contributed by atoms with Crippen molar-refractivity contribution in [2.24, 2.45) is 5.73 Å². The molecule has 0 fully saturated rings. The van der Waals surface area contributed by atoms with Gasteiger partial charge in [0.05, 0.1) is 11.1 Å². The van der Waals surface area contributed by atoms with Crippen LogP contribution in [-0.2, 0) is 20.7 Å². The number of hydrogen-bond donors (Lipinski definition) is 1. The number of carbonyl (C=O) groups excluding carboxylic acids is 3. The predicted octanol–water partition coefficient (Wildman–Crippen LogP) is 2.17. The van der Waals surface area contributed by atoms with Crippen LogP contribution in [0.4, 0.5) is 0 Å². The summed E-state index contributed by atoms with van der Waals surface area (Å²) in [5.74, 6) is -1.82. The Bertz CT molecular complexity index is 831. The highest BCUT2D eigenvalue weighted by molar-refractivity contribution is 5.96. The second-order valence-corrected chi connectivity index (χ2v) is 5.83. The maximum Gasteiger partial charge on any atom is 0.339 e. The monoisotopic (exact) mass is 339 g/mol. The highest BCUT2D eigenvalue weighted by Crippen LogP contribution is 2.31. The summed E-state index contributed by atoms with van der Waals surface area (Å²) in [5, 5.41) is 0. The van der Waals surface area contributed by atoms with Crippen LogP contribution in [0.1, 0.15) is 44.9 Å². The van der Waals surface area contributed by atoms with E-state index in [0.717, 1.165) is 5.56 Å². The van der Waals surface area contributed by atoms with Gasteiger partial charge < -0.3 is 15.2 Å². The Morgan fingerprint density at radius 3 is 2.60 bits per heavy atom. The van der Waals surface area contributed by atoms with Crippen LogP contribution in [0.15, 0.2) is 48.5 Å². The van der Waals surface area contributed by atoms with Crippen molar-refractivity contribution >= 4 is 17.8 Å². The molecule has 6 nitrogen and oxygen atoms in total. The standard InChI is InChI=1S/C19H17NO5/c1-11(17(20)21)24-18(22)13-7-8-15-14(9-13)10-16(25-19(15)23)12-5-3-2-4-6-12/h2-9,11,16H,10H2,1H3,(H2,20,21)/t11-,16-/m1/s1. The van der Waals surface area contributed by atoms with Crippen LogP contribution in [-0.4, -0.2) is 23.9 Å². The van der Waals surface area contributed by atoms with E-state index in [1.54, 1.807) is 6.07 Å². The fourth-order valence-electron chi connectivity index (χ4n) is 2.66. The summed E-state index contributed by atoms with van der Waals surface area (Å²) < 4.78 is 10.5. The first kappa shape index (κ1) is 16.7. The summed E-state index contributed by atoms with van der Waals surface area (Å²) >= 11 is 0. The lowest BCUT2D eigenvalue weighted by atomic mass is 9.93. The van der Waals surface area contributed by atoms with Crippen LogP contribution < -0.4 is 5.73 Å². The quantitative estimate of drug-likeness (QED) is 0.861. The molecule has 0 unspecified atom stereocenters. The maximum absolute atomic E-state index is 12.2. The van der Waals surface area contributed by atoms with E-state index in [2.05, 4.69) is 0 Å². The average Bonchev–Trinajstić information content (AvgIpc) is 2.61. The summed E-state index contributed by atoms with van der Waals surface area (Å²) in [6.45, 7) is 1.40. The molecule has 6 heteroatoms. The van der Waals surface area contributed by atoms with Gasteiger partial charge >= 0.3 is 11.9 Å². The predicted molar refractivity (Wildman–Crippen MR) is 88.8 cm³/mol. The number of benzene rings is 2. The topological polar surface area (TPSA) is 95.7 Å². The third-order valence-electron chi connectivity index (χ3n) is 4.07. The highest BCUT2D eigenvalue weighted by Gasteiger charge is 2.28. The molecule has 1 heterocycles. The Hall–Kier alpha value is -3.15. The Balaban J connectivity index is 1.85. The van der Waals surface area contributed by atoms with E-state index < -0.39 is 30.1 Å². The van der Waals surface area contributed by atoms with E-state index in [1.807, 2.05) is 30.3 Å². The van der Waals surface area contributed by atoms with E-state index in [-0.39, 0.29) is 5.56 Å². The van der Waals surface area contributed by atoms with Crippen LogP contribution >= 0.6 is 0 Å². The molecule has 0 aliphatic carbocycles. The van der Waals surface area contributed by atoms with Crippen LogP contribution in [0.2, 0.25) is 0 Å². The largest absolute Gasteiger partial charge is 0.454 e. The van der Waals surface area contributed by atoms with E-state index in [1.165, 1.54) is 19.1 Å². The number of primary amides is 1. The van der Waals surface area contributed by atoms with Gasteiger partial charge in [0.25, 0.3) is 5.91 Å². The smallest absolute Gasteiger partial charge is 0.339 e. The van der Waals surface area contributed by atoms with Gasteiger partial charge in [-0.25, -0.2) is 9.59 Å². The molecule has 3 rings (SSSR count). The lowest BCUT2D eigenvalue weighted by Crippen LogP contribution is -2.30. The molecule has 2 atom stereocenters. The summed E-state index contributed by atoms with van der Waals surface area (Å²) in [6.07, 6.45) is -0.972. The van der Waals surface area contributed by atoms with Crippen LogP contribution in [0, 0.1) is 0 Å². The number of fused-ring (bicyclic) bond motifs is 1. The number of carbonyl (C=O) groups is 3. The van der Waals surface area contributed by atoms with Crippen molar-refractivity contribution in [2.45, 2.75) is 25.6 Å². The van der Waals surface area contributed by atoms with Crippen molar-refractivity contribution in [3.05, 3.63) is 70.8 Å². The Morgan fingerprint density at radius 1 is 1.20 bits per heavy atom. The first-order valence-electron chi connectivity index (χ1n) is 7.85. The zero-order chi connectivity index (χ0) is 18.0. The zero-order valence-corrected chi connectivity index (χ0v) is 13.6. The number of hydrogen-bond acceptors (Lipinski definition) is 5. The van der Waals surface area contributed by atoms with Gasteiger partial charge in [0.2, 0.25) is 0 Å². The molecule has 25 heavy (non-hydrogen) atoms. The van der Waals surface area contributed by atoms with Gasteiger partial charge in [-0.1, -0.05) is 30.3 Å². The summed E-state index contributed by atoms with van der Waals surface area (Å²) in [5.41, 5.74) is 7.36. The van der Waals surface area contributed by atoms with Gasteiger partial charge in [-0.05, 0) is 36.2 Å². The summed E-state index contributed by atoms with van der Waals surface area (Å²) in [7, 11) is 0. The van der Waals surface area contributed by atoms with Gasteiger partial charge in [-0.3, -0.25) is 4.79 Å². The van der Waals surface area contributed by atoms with Crippen molar-refractivity contribution < 1.29 is 23.9 Å². The number of nitrogens with two attached hydrogens (primary N) is 1. The zero-order valence-electron chi connectivity index (χ0n) is 13.6. The van der Waals surface area contributed by atoms with Crippen molar-refractivity contribution in [2.75, 3.05) is 0 Å². The highest BCUT2D eigenvalue weighted by atomic mass is 16.5. The van der Waals surface area contributed by atoms with Crippen molar-refractivity contribution in [1.29, 1.82) is 0 Å². The van der Waals surface area contributed by atoms with Crippen molar-refractivity contribution in [1.82, 2.24) is 0 Å². The maximum atomic E-state index is 12.2. The van der Waals surface area contributed by atoms with Gasteiger partial charge in [0, 0.05) is 6.42 Å². The number of esters is 2. The first-order valence-corrected chi connectivity index (χ1v) is 7.85. The minimum atomic E-state index is -1.02. The number of cyclic esters (lactones) is 1. The number of rotatable bonds is 4. The number of ether oxygens (including phenoxy) is 2. The molecule has 2 aromatic rings. The molecule has 2 N–H and O–H groups in total. The lowest BCUT2D eigenvalue weighted by Gasteiger charge is -2.25. The van der Waals surface area contributed by atoms with Crippen molar-refractivity contribution in [3.8, 4) is 0 Å². The minimum Gasteiger partial charge on any atom is -0.454 e. The van der Waals surface area contributed by atoms with E-state index >= 15 is 0 Å². The fraction of sp³-hybridized carbons (Fsp3) is 0.211. The third-order valence-corrected chi connectivity index (χ3v) is 4.07. The second-order valence-electron chi connectivity index (χ2n) is 5.83. The molecular weight excluding hydrogens is 322 g/mol. The normalized spacial score (nSPS) is 17.2. The van der Waals surface area contributed by atoms with E-state index in [4.69, 9.17) is 15.2 Å². The third kappa shape index (κ3) is 3.52. The molecule has 128 valence electrons. The fourth-order valence-corrected chi connectivity index (χ4v) is 2.66. The SMILES string of the molecule is C[C@@H](OC(=O)c1ccc2c(c1)C[C@H](c1ccccc1)OC2=O)C(N)=O. The molecule has 0 spiro atoms. The first-order chi connectivity index (χ1) is 12.0. The van der Waals surface area contributed by atoms with Gasteiger partial charge in [0.15, 0.2) is 6.10 Å². The molecule has 1 aliphatic rings.